The molecule has 2 aromatic rings. The van der Waals surface area contributed by atoms with Gasteiger partial charge in [-0.05, 0) is 55.4 Å². The van der Waals surface area contributed by atoms with Crippen molar-refractivity contribution in [2.24, 2.45) is 11.8 Å². The fourth-order valence-corrected chi connectivity index (χ4v) is 3.35. The Morgan fingerprint density at radius 2 is 2.10 bits per heavy atom. The molecule has 3 atom stereocenters. The van der Waals surface area contributed by atoms with Crippen LogP contribution in [0.1, 0.15) is 39.2 Å². The van der Waals surface area contributed by atoms with Gasteiger partial charge in [-0.1, -0.05) is 19.9 Å². The van der Waals surface area contributed by atoms with Gasteiger partial charge in [-0.3, -0.25) is 14.6 Å². The second-order valence-corrected chi connectivity index (χ2v) is 6.25. The van der Waals surface area contributed by atoms with Gasteiger partial charge in [0.05, 0.1) is 0 Å². The fourth-order valence-electron chi connectivity index (χ4n) is 3.07. The van der Waals surface area contributed by atoms with Crippen LogP contribution >= 0.6 is 12.2 Å². The smallest absolute Gasteiger partial charge is 0.195 e. The molecular weight excluding hydrogens is 268 g/mol. The number of pyridine rings is 1. The molecule has 106 valence electrons. The number of aromatic nitrogens is 4. The molecule has 4 nitrogen and oxygen atoms in total. The van der Waals surface area contributed by atoms with Crippen molar-refractivity contribution in [3.63, 3.8) is 0 Å². The van der Waals surface area contributed by atoms with E-state index in [0.29, 0.717) is 10.8 Å². The topological polar surface area (TPSA) is 46.5 Å². The first kappa shape index (κ1) is 13.5. The predicted octanol–water partition coefficient (Wildman–Crippen LogP) is 4.00. The molecule has 0 saturated heterocycles. The molecule has 5 heteroatoms. The Kier molecular flexibility index (Phi) is 3.70. The molecule has 2 aromatic heterocycles. The summed E-state index contributed by atoms with van der Waals surface area (Å²) in [5, 5.41) is 7.32. The lowest BCUT2D eigenvalue weighted by molar-refractivity contribution is 0.210. The van der Waals surface area contributed by atoms with E-state index in [-0.39, 0.29) is 0 Å². The molecule has 0 radical (unpaired) electrons. The van der Waals surface area contributed by atoms with Gasteiger partial charge in [0.25, 0.3) is 0 Å². The van der Waals surface area contributed by atoms with Crippen LogP contribution in [0.5, 0.6) is 0 Å². The first-order valence-corrected chi connectivity index (χ1v) is 7.66. The standard InChI is InChI=1S/C15H20N4S/c1-10-6-7-12(9-11(10)2)19-14(17-18-15(19)20)13-5-3-4-8-16-13/h3-5,8,10-12H,6-7,9H2,1-2H3,(H,18,20). The van der Waals surface area contributed by atoms with Gasteiger partial charge in [0, 0.05) is 12.2 Å². The van der Waals surface area contributed by atoms with E-state index in [0.717, 1.165) is 29.8 Å². The molecule has 0 aliphatic heterocycles. The lowest BCUT2D eigenvalue weighted by Crippen LogP contribution is -2.24. The largest absolute Gasteiger partial charge is 0.296 e. The van der Waals surface area contributed by atoms with Gasteiger partial charge >= 0.3 is 0 Å². The summed E-state index contributed by atoms with van der Waals surface area (Å²) >= 11 is 5.44. The van der Waals surface area contributed by atoms with Crippen molar-refractivity contribution in [2.45, 2.75) is 39.2 Å². The Balaban J connectivity index is 1.98. The first-order valence-electron chi connectivity index (χ1n) is 7.25. The third kappa shape index (κ3) is 2.42. The molecule has 1 aliphatic carbocycles. The highest BCUT2D eigenvalue weighted by Crippen LogP contribution is 2.37. The highest BCUT2D eigenvalue weighted by atomic mass is 32.1. The summed E-state index contributed by atoms with van der Waals surface area (Å²) in [5.41, 5.74) is 0.881. The fraction of sp³-hybridized carbons (Fsp3) is 0.533. The molecule has 0 aromatic carbocycles. The average molecular weight is 288 g/mol. The first-order chi connectivity index (χ1) is 9.66. The van der Waals surface area contributed by atoms with Gasteiger partial charge in [-0.2, -0.15) is 5.10 Å². The van der Waals surface area contributed by atoms with Crippen LogP contribution in [0.25, 0.3) is 11.5 Å². The molecule has 1 fully saturated rings. The number of nitrogens with one attached hydrogen (secondary N) is 1. The molecule has 0 amide bonds. The molecule has 0 bridgehead atoms. The van der Waals surface area contributed by atoms with Crippen LogP contribution in [-0.2, 0) is 0 Å². The summed E-state index contributed by atoms with van der Waals surface area (Å²) in [6.07, 6.45) is 5.37. The normalized spacial score (nSPS) is 26.6. The van der Waals surface area contributed by atoms with Crippen molar-refractivity contribution in [3.05, 3.63) is 29.2 Å². The number of aromatic amines is 1. The van der Waals surface area contributed by atoms with Gasteiger partial charge in [-0.15, -0.1) is 0 Å². The van der Waals surface area contributed by atoms with Crippen LogP contribution in [0.4, 0.5) is 0 Å². The molecule has 2 heterocycles. The minimum atomic E-state index is 0.435. The van der Waals surface area contributed by atoms with E-state index in [2.05, 4.69) is 33.6 Å². The van der Waals surface area contributed by atoms with Crippen molar-refractivity contribution < 1.29 is 0 Å². The number of H-pyrrole nitrogens is 1. The van der Waals surface area contributed by atoms with Gasteiger partial charge in [0.2, 0.25) is 0 Å². The molecule has 3 rings (SSSR count). The zero-order valence-corrected chi connectivity index (χ0v) is 12.7. The third-order valence-electron chi connectivity index (χ3n) is 4.53. The highest BCUT2D eigenvalue weighted by molar-refractivity contribution is 7.71. The third-order valence-corrected chi connectivity index (χ3v) is 4.82. The minimum absolute atomic E-state index is 0.435. The van der Waals surface area contributed by atoms with Crippen LogP contribution in [-0.4, -0.2) is 19.7 Å². The van der Waals surface area contributed by atoms with Gasteiger partial charge in [0.15, 0.2) is 10.6 Å². The Labute approximate surface area is 124 Å². The summed E-state index contributed by atoms with van der Waals surface area (Å²) in [4.78, 5) is 4.40. The molecule has 20 heavy (non-hydrogen) atoms. The van der Waals surface area contributed by atoms with Crippen molar-refractivity contribution in [2.75, 3.05) is 0 Å². The van der Waals surface area contributed by atoms with Crippen LogP contribution in [0.2, 0.25) is 0 Å². The Bertz CT molecular complexity index is 631. The van der Waals surface area contributed by atoms with Crippen LogP contribution in [0, 0.1) is 16.6 Å². The lowest BCUT2D eigenvalue weighted by Gasteiger charge is -2.33. The molecule has 0 spiro atoms. The summed E-state index contributed by atoms with van der Waals surface area (Å²) in [5.74, 6) is 2.38. The summed E-state index contributed by atoms with van der Waals surface area (Å²) in [6.45, 7) is 4.68. The van der Waals surface area contributed by atoms with E-state index >= 15 is 0 Å². The zero-order valence-electron chi connectivity index (χ0n) is 11.9. The SMILES string of the molecule is CC1CCC(n2c(-c3ccccn3)n[nH]c2=S)CC1C. The van der Waals surface area contributed by atoms with Crippen LogP contribution < -0.4 is 0 Å². The van der Waals surface area contributed by atoms with E-state index in [1.54, 1.807) is 6.20 Å². The second kappa shape index (κ2) is 5.48. The van der Waals surface area contributed by atoms with E-state index in [1.807, 2.05) is 18.2 Å². The number of hydrogen-bond donors (Lipinski definition) is 1. The number of hydrogen-bond acceptors (Lipinski definition) is 3. The summed E-state index contributed by atoms with van der Waals surface area (Å²) < 4.78 is 2.87. The van der Waals surface area contributed by atoms with Gasteiger partial charge in [0.1, 0.15) is 5.69 Å². The van der Waals surface area contributed by atoms with E-state index in [9.17, 15) is 0 Å². The maximum absolute atomic E-state index is 5.44. The molecule has 1 N–H and O–H groups in total. The molecule has 3 unspecified atom stereocenters. The van der Waals surface area contributed by atoms with Crippen LogP contribution in [0.3, 0.4) is 0 Å². The quantitative estimate of drug-likeness (QED) is 0.850. The lowest BCUT2D eigenvalue weighted by atomic mass is 9.79. The monoisotopic (exact) mass is 288 g/mol. The maximum Gasteiger partial charge on any atom is 0.195 e. The number of nitrogens with zero attached hydrogens (tertiary/aromatic N) is 3. The van der Waals surface area contributed by atoms with E-state index < -0.39 is 0 Å². The van der Waals surface area contributed by atoms with Crippen molar-refractivity contribution in [1.82, 2.24) is 19.7 Å². The molecular formula is C15H20N4S. The maximum atomic E-state index is 5.44. The highest BCUT2D eigenvalue weighted by Gasteiger charge is 2.28. The van der Waals surface area contributed by atoms with Gasteiger partial charge in [-0.25, -0.2) is 0 Å². The Hall–Kier alpha value is -1.49. The Morgan fingerprint density at radius 3 is 2.80 bits per heavy atom. The van der Waals surface area contributed by atoms with Gasteiger partial charge < -0.3 is 0 Å². The summed E-state index contributed by atoms with van der Waals surface area (Å²) in [7, 11) is 0. The van der Waals surface area contributed by atoms with Crippen molar-refractivity contribution in [1.29, 1.82) is 0 Å². The molecule has 1 saturated carbocycles. The predicted molar refractivity (Wildman–Crippen MR) is 81.9 cm³/mol. The average Bonchev–Trinajstić information content (AvgIpc) is 2.85. The van der Waals surface area contributed by atoms with E-state index in [1.165, 1.54) is 12.8 Å². The minimum Gasteiger partial charge on any atom is -0.296 e. The summed E-state index contributed by atoms with van der Waals surface area (Å²) in [6, 6.07) is 6.32. The van der Waals surface area contributed by atoms with Crippen molar-refractivity contribution in [3.8, 4) is 11.5 Å². The molecule has 1 aliphatic rings. The van der Waals surface area contributed by atoms with Crippen molar-refractivity contribution >= 4 is 12.2 Å². The number of rotatable bonds is 2. The Morgan fingerprint density at radius 1 is 1.25 bits per heavy atom. The van der Waals surface area contributed by atoms with E-state index in [4.69, 9.17) is 12.2 Å². The second-order valence-electron chi connectivity index (χ2n) is 5.86. The zero-order chi connectivity index (χ0) is 14.1. The van der Waals surface area contributed by atoms with Crippen LogP contribution in [0.15, 0.2) is 24.4 Å².